The zero-order valence-electron chi connectivity index (χ0n) is 7.41. The molecule has 0 saturated heterocycles. The molecule has 1 aliphatic rings. The Labute approximate surface area is 71.9 Å². The summed E-state index contributed by atoms with van der Waals surface area (Å²) >= 11 is 0. The minimum Gasteiger partial charge on any atom is -0.384 e. The second-order valence-corrected chi connectivity index (χ2v) is 3.39. The second-order valence-electron chi connectivity index (χ2n) is 3.39. The molecule has 3 nitrogen and oxygen atoms in total. The SMILES string of the molecule is Cc1nc2n(c1N)CC(C)C=C2. The molecular weight excluding hydrogens is 150 g/mol. The number of hydrogen-bond donors (Lipinski definition) is 1. The lowest BCUT2D eigenvalue weighted by atomic mass is 10.1. The lowest BCUT2D eigenvalue weighted by molar-refractivity contribution is 0.561. The highest BCUT2D eigenvalue weighted by Crippen LogP contribution is 2.21. The van der Waals surface area contributed by atoms with Crippen LogP contribution in [0.3, 0.4) is 0 Å². The number of imidazole rings is 1. The van der Waals surface area contributed by atoms with Crippen molar-refractivity contribution in [3.05, 3.63) is 17.6 Å². The van der Waals surface area contributed by atoms with Crippen LogP contribution in [0.4, 0.5) is 5.82 Å². The Morgan fingerprint density at radius 3 is 3.17 bits per heavy atom. The molecule has 3 heteroatoms. The van der Waals surface area contributed by atoms with Gasteiger partial charge in [0.1, 0.15) is 11.6 Å². The number of aromatic nitrogens is 2. The summed E-state index contributed by atoms with van der Waals surface area (Å²) in [7, 11) is 0. The topological polar surface area (TPSA) is 43.8 Å². The third-order valence-corrected chi connectivity index (χ3v) is 2.26. The normalized spacial score (nSPS) is 21.0. The Balaban J connectivity index is 2.53. The van der Waals surface area contributed by atoms with Crippen LogP contribution in [0.15, 0.2) is 6.08 Å². The predicted molar refractivity (Wildman–Crippen MR) is 49.6 cm³/mol. The van der Waals surface area contributed by atoms with Crippen molar-refractivity contribution in [1.29, 1.82) is 0 Å². The Kier molecular flexibility index (Phi) is 1.46. The van der Waals surface area contributed by atoms with Crippen LogP contribution in [0.25, 0.3) is 6.08 Å². The summed E-state index contributed by atoms with van der Waals surface area (Å²) in [5, 5.41) is 0. The van der Waals surface area contributed by atoms with E-state index in [1.165, 1.54) is 0 Å². The van der Waals surface area contributed by atoms with E-state index in [0.717, 1.165) is 23.9 Å². The number of anilines is 1. The van der Waals surface area contributed by atoms with Crippen molar-refractivity contribution in [3.63, 3.8) is 0 Å². The van der Waals surface area contributed by atoms with Gasteiger partial charge in [0.25, 0.3) is 0 Å². The van der Waals surface area contributed by atoms with E-state index >= 15 is 0 Å². The Bertz CT molecular complexity index is 336. The lowest BCUT2D eigenvalue weighted by Gasteiger charge is -2.15. The van der Waals surface area contributed by atoms with Gasteiger partial charge in [0, 0.05) is 6.54 Å². The van der Waals surface area contributed by atoms with Gasteiger partial charge in [0.2, 0.25) is 0 Å². The first-order chi connectivity index (χ1) is 5.68. The van der Waals surface area contributed by atoms with E-state index in [1.807, 2.05) is 13.0 Å². The molecule has 0 fully saturated rings. The average Bonchev–Trinajstić information content (AvgIpc) is 2.31. The molecule has 2 N–H and O–H groups in total. The van der Waals surface area contributed by atoms with Gasteiger partial charge in [0.05, 0.1) is 5.69 Å². The van der Waals surface area contributed by atoms with E-state index in [0.29, 0.717) is 5.92 Å². The predicted octanol–water partition coefficient (Wildman–Crippen LogP) is 1.44. The number of nitrogens with two attached hydrogens (primary N) is 1. The zero-order valence-corrected chi connectivity index (χ0v) is 7.41. The van der Waals surface area contributed by atoms with E-state index in [2.05, 4.69) is 22.6 Å². The van der Waals surface area contributed by atoms with Crippen molar-refractivity contribution in [1.82, 2.24) is 9.55 Å². The van der Waals surface area contributed by atoms with Gasteiger partial charge in [-0.1, -0.05) is 13.0 Å². The van der Waals surface area contributed by atoms with Crippen molar-refractivity contribution in [3.8, 4) is 0 Å². The van der Waals surface area contributed by atoms with Gasteiger partial charge < -0.3 is 10.3 Å². The molecular formula is C9H13N3. The van der Waals surface area contributed by atoms with Gasteiger partial charge in [-0.15, -0.1) is 0 Å². The van der Waals surface area contributed by atoms with Crippen LogP contribution in [0.2, 0.25) is 0 Å². The molecule has 1 unspecified atom stereocenters. The highest BCUT2D eigenvalue weighted by Gasteiger charge is 2.14. The molecule has 1 aliphatic heterocycles. The molecule has 0 amide bonds. The van der Waals surface area contributed by atoms with Crippen molar-refractivity contribution >= 4 is 11.9 Å². The van der Waals surface area contributed by atoms with Crippen molar-refractivity contribution in [2.24, 2.45) is 5.92 Å². The van der Waals surface area contributed by atoms with Gasteiger partial charge >= 0.3 is 0 Å². The largest absolute Gasteiger partial charge is 0.384 e. The van der Waals surface area contributed by atoms with E-state index in [9.17, 15) is 0 Å². The van der Waals surface area contributed by atoms with Crippen molar-refractivity contribution in [2.45, 2.75) is 20.4 Å². The number of hydrogen-bond acceptors (Lipinski definition) is 2. The number of fused-ring (bicyclic) bond motifs is 1. The zero-order chi connectivity index (χ0) is 8.72. The third kappa shape index (κ3) is 0.932. The molecule has 0 saturated carbocycles. The van der Waals surface area contributed by atoms with E-state index < -0.39 is 0 Å². The fraction of sp³-hybridized carbons (Fsp3) is 0.444. The standard InChI is InChI=1S/C9H13N3/c1-6-3-4-8-11-7(2)9(10)12(8)5-6/h3-4,6H,5,10H2,1-2H3. The molecule has 2 heterocycles. The van der Waals surface area contributed by atoms with Gasteiger partial charge in [-0.2, -0.15) is 0 Å². The highest BCUT2D eigenvalue weighted by molar-refractivity contribution is 5.51. The molecule has 1 atom stereocenters. The Hall–Kier alpha value is -1.25. The molecule has 0 radical (unpaired) electrons. The summed E-state index contributed by atoms with van der Waals surface area (Å²) in [5.74, 6) is 2.36. The first kappa shape index (κ1) is 7.40. The maximum atomic E-state index is 5.85. The molecule has 0 bridgehead atoms. The number of nitrogen functional groups attached to an aromatic ring is 1. The van der Waals surface area contributed by atoms with Gasteiger partial charge in [-0.3, -0.25) is 0 Å². The number of rotatable bonds is 0. The average molecular weight is 163 g/mol. The smallest absolute Gasteiger partial charge is 0.134 e. The highest BCUT2D eigenvalue weighted by atomic mass is 15.1. The fourth-order valence-corrected chi connectivity index (χ4v) is 1.53. The molecule has 2 rings (SSSR count). The minimum atomic E-state index is 0.563. The number of nitrogens with zero attached hydrogens (tertiary/aromatic N) is 2. The monoisotopic (exact) mass is 163 g/mol. The minimum absolute atomic E-state index is 0.563. The molecule has 1 aromatic heterocycles. The maximum absolute atomic E-state index is 5.85. The van der Waals surface area contributed by atoms with E-state index in [1.54, 1.807) is 0 Å². The molecule has 1 aromatic rings. The van der Waals surface area contributed by atoms with Crippen LogP contribution in [-0.2, 0) is 6.54 Å². The first-order valence-corrected chi connectivity index (χ1v) is 4.19. The third-order valence-electron chi connectivity index (χ3n) is 2.26. The quantitative estimate of drug-likeness (QED) is 0.629. The van der Waals surface area contributed by atoms with Crippen LogP contribution in [0, 0.1) is 12.8 Å². The lowest BCUT2D eigenvalue weighted by Crippen LogP contribution is -2.13. The van der Waals surface area contributed by atoms with E-state index in [-0.39, 0.29) is 0 Å². The van der Waals surface area contributed by atoms with Gasteiger partial charge in [0.15, 0.2) is 0 Å². The summed E-state index contributed by atoms with van der Waals surface area (Å²) in [4.78, 5) is 4.34. The second kappa shape index (κ2) is 2.37. The van der Waals surface area contributed by atoms with Crippen LogP contribution in [0.5, 0.6) is 0 Å². The molecule has 0 spiro atoms. The van der Waals surface area contributed by atoms with Gasteiger partial charge in [-0.25, -0.2) is 4.98 Å². The van der Waals surface area contributed by atoms with Crippen molar-refractivity contribution in [2.75, 3.05) is 5.73 Å². The summed E-state index contributed by atoms with van der Waals surface area (Å²) < 4.78 is 2.07. The fourth-order valence-electron chi connectivity index (χ4n) is 1.53. The van der Waals surface area contributed by atoms with Crippen LogP contribution < -0.4 is 5.73 Å². The number of allylic oxidation sites excluding steroid dienone is 1. The molecule has 0 aromatic carbocycles. The van der Waals surface area contributed by atoms with E-state index in [4.69, 9.17) is 5.73 Å². The molecule has 64 valence electrons. The van der Waals surface area contributed by atoms with Crippen LogP contribution >= 0.6 is 0 Å². The summed E-state index contributed by atoms with van der Waals surface area (Å²) in [6.07, 6.45) is 4.21. The summed E-state index contributed by atoms with van der Waals surface area (Å²) in [6.45, 7) is 5.08. The van der Waals surface area contributed by atoms with Crippen LogP contribution in [0.1, 0.15) is 18.4 Å². The Morgan fingerprint density at radius 1 is 1.67 bits per heavy atom. The Morgan fingerprint density at radius 2 is 2.42 bits per heavy atom. The number of aryl methyl sites for hydroxylation is 1. The summed E-state index contributed by atoms with van der Waals surface area (Å²) in [5.41, 5.74) is 6.79. The molecule has 12 heavy (non-hydrogen) atoms. The summed E-state index contributed by atoms with van der Waals surface area (Å²) in [6, 6.07) is 0. The molecule has 0 aliphatic carbocycles. The van der Waals surface area contributed by atoms with Crippen molar-refractivity contribution < 1.29 is 0 Å². The first-order valence-electron chi connectivity index (χ1n) is 4.19. The van der Waals surface area contributed by atoms with Gasteiger partial charge in [-0.05, 0) is 18.9 Å². The maximum Gasteiger partial charge on any atom is 0.134 e. The van der Waals surface area contributed by atoms with Crippen LogP contribution in [-0.4, -0.2) is 9.55 Å².